The van der Waals surface area contributed by atoms with Gasteiger partial charge in [-0.05, 0) is 13.0 Å². The van der Waals surface area contributed by atoms with Crippen molar-refractivity contribution >= 4 is 11.6 Å². The summed E-state index contributed by atoms with van der Waals surface area (Å²) in [5.74, 6) is -3.74. The molecule has 1 rings (SSSR count). The van der Waals surface area contributed by atoms with Crippen LogP contribution in [-0.2, 0) is 0 Å². The van der Waals surface area contributed by atoms with E-state index in [0.29, 0.717) is 12.1 Å². The van der Waals surface area contributed by atoms with Crippen LogP contribution in [0.4, 0.5) is 14.5 Å². The van der Waals surface area contributed by atoms with Gasteiger partial charge in [0.2, 0.25) is 5.82 Å². The summed E-state index contributed by atoms with van der Waals surface area (Å²) >= 11 is 0. The van der Waals surface area contributed by atoms with E-state index in [-0.39, 0.29) is 6.54 Å². The molecule has 3 N–H and O–H groups in total. The van der Waals surface area contributed by atoms with E-state index in [0.717, 1.165) is 0 Å². The Kier molecular flexibility index (Phi) is 4.27. The largest absolute Gasteiger partial charge is 0.350 e. The molecule has 18 heavy (non-hydrogen) atoms. The second-order valence-corrected chi connectivity index (χ2v) is 3.70. The summed E-state index contributed by atoms with van der Waals surface area (Å²) in [6.07, 6.45) is 0. The maximum Gasteiger partial charge on any atom is 0.305 e. The van der Waals surface area contributed by atoms with Gasteiger partial charge in [0, 0.05) is 18.7 Å². The Morgan fingerprint density at radius 1 is 1.56 bits per heavy atom. The maximum absolute atomic E-state index is 13.6. The van der Waals surface area contributed by atoms with E-state index in [9.17, 15) is 23.7 Å². The van der Waals surface area contributed by atoms with E-state index in [1.165, 1.54) is 0 Å². The van der Waals surface area contributed by atoms with E-state index in [4.69, 9.17) is 5.73 Å². The van der Waals surface area contributed by atoms with Crippen molar-refractivity contribution in [1.29, 1.82) is 0 Å². The number of nitrogens with zero attached hydrogens (tertiary/aromatic N) is 1. The lowest BCUT2D eigenvalue weighted by molar-refractivity contribution is -0.387. The zero-order chi connectivity index (χ0) is 13.9. The number of halogens is 2. The van der Waals surface area contributed by atoms with Gasteiger partial charge in [-0.15, -0.1) is 0 Å². The van der Waals surface area contributed by atoms with Crippen LogP contribution in [0.1, 0.15) is 17.3 Å². The average Bonchev–Trinajstić information content (AvgIpc) is 2.25. The van der Waals surface area contributed by atoms with Gasteiger partial charge in [0.05, 0.1) is 4.92 Å². The molecule has 0 aliphatic carbocycles. The predicted molar refractivity (Wildman–Crippen MR) is 59.0 cm³/mol. The van der Waals surface area contributed by atoms with Crippen LogP contribution in [0.3, 0.4) is 0 Å². The zero-order valence-corrected chi connectivity index (χ0v) is 9.44. The summed E-state index contributed by atoms with van der Waals surface area (Å²) in [6.45, 7) is 1.58. The molecule has 0 heterocycles. The molecule has 0 aliphatic heterocycles. The number of nitrogens with one attached hydrogen (secondary N) is 1. The molecule has 0 saturated carbocycles. The van der Waals surface area contributed by atoms with Crippen LogP contribution in [-0.4, -0.2) is 23.4 Å². The van der Waals surface area contributed by atoms with Crippen LogP contribution >= 0.6 is 0 Å². The molecule has 0 fully saturated rings. The first kappa shape index (κ1) is 14.0. The number of nitro benzene ring substituents is 1. The first-order valence-corrected chi connectivity index (χ1v) is 5.00. The molecule has 0 aromatic heterocycles. The van der Waals surface area contributed by atoms with Gasteiger partial charge in [0.1, 0.15) is 11.4 Å². The second-order valence-electron chi connectivity index (χ2n) is 3.70. The van der Waals surface area contributed by atoms with Gasteiger partial charge in [0.25, 0.3) is 5.91 Å². The summed E-state index contributed by atoms with van der Waals surface area (Å²) in [6, 6.07) is 0.924. The van der Waals surface area contributed by atoms with E-state index >= 15 is 0 Å². The third kappa shape index (κ3) is 2.98. The Balaban J connectivity index is 3.11. The van der Waals surface area contributed by atoms with Crippen molar-refractivity contribution in [3.05, 3.63) is 39.4 Å². The predicted octanol–water partition coefficient (Wildman–Crippen LogP) is 0.950. The zero-order valence-electron chi connectivity index (χ0n) is 9.44. The fourth-order valence-electron chi connectivity index (χ4n) is 1.23. The Hall–Kier alpha value is -2.09. The Bertz CT molecular complexity index is 492. The number of hydrogen-bond donors (Lipinski definition) is 2. The molecule has 98 valence electrons. The quantitative estimate of drug-likeness (QED) is 0.621. The molecule has 0 saturated heterocycles. The van der Waals surface area contributed by atoms with Gasteiger partial charge in [-0.2, -0.15) is 4.39 Å². The number of amides is 1. The number of carbonyl (C=O) groups excluding carboxylic acids is 1. The number of benzene rings is 1. The first-order chi connectivity index (χ1) is 8.34. The summed E-state index contributed by atoms with van der Waals surface area (Å²) in [4.78, 5) is 20.9. The minimum absolute atomic E-state index is 0.000402. The van der Waals surface area contributed by atoms with Crippen molar-refractivity contribution in [3.63, 3.8) is 0 Å². The van der Waals surface area contributed by atoms with Gasteiger partial charge >= 0.3 is 5.69 Å². The van der Waals surface area contributed by atoms with Crippen LogP contribution < -0.4 is 11.1 Å². The van der Waals surface area contributed by atoms with Crippen LogP contribution in [0.5, 0.6) is 0 Å². The average molecular weight is 259 g/mol. The van der Waals surface area contributed by atoms with Gasteiger partial charge in [-0.1, -0.05) is 0 Å². The summed E-state index contributed by atoms with van der Waals surface area (Å²) in [5.41, 5.74) is 3.42. The standard InChI is InChI=1S/C10H11F2N3O3/c1-5(13)4-14-10(16)8-6(11)2-3-7(9(8)12)15(17)18/h2-3,5H,4,13H2,1H3,(H,14,16). The molecule has 1 atom stereocenters. The maximum atomic E-state index is 13.6. The normalized spacial score (nSPS) is 12.0. The van der Waals surface area contributed by atoms with Gasteiger partial charge in [-0.25, -0.2) is 4.39 Å². The van der Waals surface area contributed by atoms with Crippen LogP contribution in [0.2, 0.25) is 0 Å². The third-order valence-corrected chi connectivity index (χ3v) is 2.08. The lowest BCUT2D eigenvalue weighted by Gasteiger charge is -2.09. The van der Waals surface area contributed by atoms with Crippen LogP contribution in [0, 0.1) is 21.7 Å². The number of hydrogen-bond acceptors (Lipinski definition) is 4. The molecular formula is C10H11F2N3O3. The number of nitrogens with two attached hydrogens (primary N) is 1. The van der Waals surface area contributed by atoms with Crippen molar-refractivity contribution in [2.75, 3.05) is 6.54 Å². The lowest BCUT2D eigenvalue weighted by Crippen LogP contribution is -2.36. The highest BCUT2D eigenvalue weighted by Crippen LogP contribution is 2.22. The molecule has 1 unspecified atom stereocenters. The smallest absolute Gasteiger partial charge is 0.305 e. The van der Waals surface area contributed by atoms with Crippen molar-refractivity contribution in [3.8, 4) is 0 Å². The van der Waals surface area contributed by atoms with Gasteiger partial charge < -0.3 is 11.1 Å². The molecule has 0 radical (unpaired) electrons. The topological polar surface area (TPSA) is 98.3 Å². The number of nitro groups is 1. The number of rotatable bonds is 4. The van der Waals surface area contributed by atoms with Gasteiger partial charge in [0.15, 0.2) is 0 Å². The highest BCUT2D eigenvalue weighted by atomic mass is 19.1. The van der Waals surface area contributed by atoms with Crippen LogP contribution in [0.25, 0.3) is 0 Å². The van der Waals surface area contributed by atoms with Crippen molar-refractivity contribution in [2.24, 2.45) is 5.73 Å². The van der Waals surface area contributed by atoms with E-state index in [1.54, 1.807) is 6.92 Å². The number of carbonyl (C=O) groups is 1. The van der Waals surface area contributed by atoms with Crippen molar-refractivity contribution in [1.82, 2.24) is 5.32 Å². The Morgan fingerprint density at radius 3 is 2.67 bits per heavy atom. The minimum Gasteiger partial charge on any atom is -0.350 e. The highest BCUT2D eigenvalue weighted by molar-refractivity contribution is 5.95. The lowest BCUT2D eigenvalue weighted by atomic mass is 10.1. The van der Waals surface area contributed by atoms with Crippen molar-refractivity contribution in [2.45, 2.75) is 13.0 Å². The molecule has 1 aromatic rings. The molecule has 0 aliphatic rings. The summed E-state index contributed by atoms with van der Waals surface area (Å²) in [5, 5.41) is 12.6. The van der Waals surface area contributed by atoms with Gasteiger partial charge in [-0.3, -0.25) is 14.9 Å². The first-order valence-electron chi connectivity index (χ1n) is 5.00. The van der Waals surface area contributed by atoms with E-state index in [1.807, 2.05) is 0 Å². The SMILES string of the molecule is CC(N)CNC(=O)c1c(F)ccc([N+](=O)[O-])c1F. The molecule has 1 aromatic carbocycles. The van der Waals surface area contributed by atoms with Crippen molar-refractivity contribution < 1.29 is 18.5 Å². The minimum atomic E-state index is -1.50. The monoisotopic (exact) mass is 259 g/mol. The Labute approximate surface area is 101 Å². The fourth-order valence-corrected chi connectivity index (χ4v) is 1.23. The van der Waals surface area contributed by atoms with Crippen LogP contribution in [0.15, 0.2) is 12.1 Å². The Morgan fingerprint density at radius 2 is 2.17 bits per heavy atom. The molecule has 8 heteroatoms. The highest BCUT2D eigenvalue weighted by Gasteiger charge is 2.25. The molecule has 0 bridgehead atoms. The molecule has 1 amide bonds. The molecular weight excluding hydrogens is 248 g/mol. The summed E-state index contributed by atoms with van der Waals surface area (Å²) < 4.78 is 26.9. The van der Waals surface area contributed by atoms with E-state index < -0.39 is 39.8 Å². The summed E-state index contributed by atoms with van der Waals surface area (Å²) in [7, 11) is 0. The third-order valence-electron chi connectivity index (χ3n) is 2.08. The van der Waals surface area contributed by atoms with E-state index in [2.05, 4.69) is 5.32 Å². The second kappa shape index (κ2) is 5.50. The fraction of sp³-hybridized carbons (Fsp3) is 0.300. The molecule has 6 nitrogen and oxygen atoms in total. The molecule has 0 spiro atoms.